The Labute approximate surface area is 390 Å². The average molecular weight is 881 g/mol. The van der Waals surface area contributed by atoms with Crippen molar-refractivity contribution in [2.75, 3.05) is 13.2 Å². The molecule has 63 heavy (non-hydrogen) atoms. The van der Waals surface area contributed by atoms with Gasteiger partial charge in [0, 0.05) is 19.3 Å². The third-order valence-corrected chi connectivity index (χ3v) is 11.6. The lowest BCUT2D eigenvalue weighted by atomic mass is 10.0. The van der Waals surface area contributed by atoms with E-state index in [1.807, 2.05) is 30.4 Å². The maximum absolute atomic E-state index is 12.8. The lowest BCUT2D eigenvalue weighted by Crippen LogP contribution is -2.30. The first-order valence-electron chi connectivity index (χ1n) is 26.8. The Morgan fingerprint density at radius 1 is 0.333 bits per heavy atom. The number of esters is 3. The summed E-state index contributed by atoms with van der Waals surface area (Å²) in [4.78, 5) is 38.0. The molecule has 0 N–H and O–H groups in total. The molecule has 0 aromatic rings. The van der Waals surface area contributed by atoms with Crippen LogP contribution in [0.2, 0.25) is 0 Å². The summed E-state index contributed by atoms with van der Waals surface area (Å²) in [6, 6.07) is 0. The Balaban J connectivity index is 4.39. The van der Waals surface area contributed by atoms with Gasteiger partial charge in [-0.05, 0) is 64.2 Å². The molecule has 0 amide bonds. The van der Waals surface area contributed by atoms with E-state index in [1.165, 1.54) is 154 Å². The Morgan fingerprint density at radius 3 is 1.05 bits per heavy atom. The molecule has 6 nitrogen and oxygen atoms in total. The fourth-order valence-electron chi connectivity index (χ4n) is 7.57. The van der Waals surface area contributed by atoms with Crippen molar-refractivity contribution in [3.63, 3.8) is 0 Å². The van der Waals surface area contributed by atoms with Crippen LogP contribution in [0.3, 0.4) is 0 Å². The largest absolute Gasteiger partial charge is 0.462 e. The van der Waals surface area contributed by atoms with Crippen LogP contribution in [0.4, 0.5) is 0 Å². The van der Waals surface area contributed by atoms with E-state index >= 15 is 0 Å². The third kappa shape index (κ3) is 50.0. The van der Waals surface area contributed by atoms with E-state index in [-0.39, 0.29) is 31.1 Å². The smallest absolute Gasteiger partial charge is 0.306 e. The Kier molecular flexibility index (Phi) is 49.4. The minimum absolute atomic E-state index is 0.0864. The van der Waals surface area contributed by atoms with Crippen LogP contribution in [0.5, 0.6) is 0 Å². The molecule has 0 heterocycles. The van der Waals surface area contributed by atoms with Crippen LogP contribution >= 0.6 is 0 Å². The summed E-state index contributed by atoms with van der Waals surface area (Å²) in [6.45, 7) is 6.47. The van der Waals surface area contributed by atoms with Crippen LogP contribution in [0.1, 0.15) is 265 Å². The molecule has 0 aliphatic carbocycles. The molecule has 0 aromatic carbocycles. The molecule has 0 radical (unpaired) electrons. The second-order valence-corrected chi connectivity index (χ2v) is 17.9. The van der Waals surface area contributed by atoms with Gasteiger partial charge >= 0.3 is 17.9 Å². The maximum atomic E-state index is 12.8. The van der Waals surface area contributed by atoms with Crippen LogP contribution in [0.15, 0.2) is 60.8 Å². The van der Waals surface area contributed by atoms with Crippen molar-refractivity contribution >= 4 is 17.9 Å². The van der Waals surface area contributed by atoms with Crippen molar-refractivity contribution in [2.24, 2.45) is 0 Å². The molecule has 1 unspecified atom stereocenters. The predicted molar refractivity (Wildman–Crippen MR) is 270 cm³/mol. The zero-order chi connectivity index (χ0) is 45.8. The first kappa shape index (κ1) is 60.1. The van der Waals surface area contributed by atoms with Crippen molar-refractivity contribution in [1.82, 2.24) is 0 Å². The highest BCUT2D eigenvalue weighted by molar-refractivity contribution is 5.71. The molecular weight excluding hydrogens is 781 g/mol. The van der Waals surface area contributed by atoms with Gasteiger partial charge in [-0.1, -0.05) is 242 Å². The Morgan fingerprint density at radius 2 is 0.635 bits per heavy atom. The highest BCUT2D eigenvalue weighted by atomic mass is 16.6. The molecule has 0 aliphatic heterocycles. The van der Waals surface area contributed by atoms with Crippen LogP contribution in [0.25, 0.3) is 0 Å². The highest BCUT2D eigenvalue weighted by Crippen LogP contribution is 2.16. The van der Waals surface area contributed by atoms with E-state index in [1.54, 1.807) is 0 Å². The van der Waals surface area contributed by atoms with Crippen LogP contribution in [-0.4, -0.2) is 37.2 Å². The number of carbonyl (C=O) groups excluding carboxylic acids is 3. The zero-order valence-corrected chi connectivity index (χ0v) is 41.6. The second kappa shape index (κ2) is 51.7. The van der Waals surface area contributed by atoms with E-state index in [4.69, 9.17) is 14.2 Å². The normalized spacial score (nSPS) is 12.5. The number of hydrogen-bond donors (Lipinski definition) is 0. The zero-order valence-electron chi connectivity index (χ0n) is 41.6. The van der Waals surface area contributed by atoms with Crippen molar-refractivity contribution in [3.8, 4) is 0 Å². The quantitative estimate of drug-likeness (QED) is 0.0199. The number of rotatable bonds is 48. The van der Waals surface area contributed by atoms with Gasteiger partial charge in [0.25, 0.3) is 0 Å². The van der Waals surface area contributed by atoms with Crippen molar-refractivity contribution in [2.45, 2.75) is 271 Å². The van der Waals surface area contributed by atoms with E-state index in [0.29, 0.717) is 19.3 Å². The molecule has 364 valence electrons. The summed E-state index contributed by atoms with van der Waals surface area (Å²) in [7, 11) is 0. The molecular formula is C57H100O6. The van der Waals surface area contributed by atoms with E-state index in [9.17, 15) is 14.4 Å². The second-order valence-electron chi connectivity index (χ2n) is 17.9. The van der Waals surface area contributed by atoms with Gasteiger partial charge in [0.05, 0.1) is 0 Å². The first-order valence-corrected chi connectivity index (χ1v) is 26.8. The molecule has 1 atom stereocenters. The van der Waals surface area contributed by atoms with Gasteiger partial charge < -0.3 is 14.2 Å². The fraction of sp³-hybridized carbons (Fsp3) is 0.772. The standard InChI is InChI=1S/C57H100O6/c1-4-7-10-13-16-19-22-25-27-28-30-32-35-38-41-44-47-50-56(59)62-53-54(52-61-55(58)49-46-43-40-37-34-31-24-21-18-15-12-9-6-3)63-57(60)51-48-45-42-39-36-33-29-26-23-20-17-14-11-8-5-2/h9,12,15,18,20-21,23-24,31,34,54H,4-8,10-11,13-14,16-17,19,22,25-30,32-33,35-53H2,1-3H3/b12-9-,18-15-,23-20-,24-21-,34-31-. The van der Waals surface area contributed by atoms with Gasteiger partial charge in [-0.2, -0.15) is 0 Å². The molecule has 0 saturated carbocycles. The van der Waals surface area contributed by atoms with Crippen LogP contribution in [-0.2, 0) is 28.6 Å². The van der Waals surface area contributed by atoms with Crippen molar-refractivity contribution in [3.05, 3.63) is 60.8 Å². The highest BCUT2D eigenvalue weighted by Gasteiger charge is 2.19. The minimum Gasteiger partial charge on any atom is -0.462 e. The summed E-state index contributed by atoms with van der Waals surface area (Å²) in [5, 5.41) is 0. The monoisotopic (exact) mass is 881 g/mol. The van der Waals surface area contributed by atoms with Gasteiger partial charge in [0.2, 0.25) is 0 Å². The van der Waals surface area contributed by atoms with Gasteiger partial charge in [-0.15, -0.1) is 0 Å². The molecule has 0 saturated heterocycles. The van der Waals surface area contributed by atoms with Gasteiger partial charge in [0.1, 0.15) is 13.2 Å². The van der Waals surface area contributed by atoms with Gasteiger partial charge in [0.15, 0.2) is 6.10 Å². The topological polar surface area (TPSA) is 78.9 Å². The third-order valence-electron chi connectivity index (χ3n) is 11.6. The first-order chi connectivity index (χ1) is 31.0. The molecule has 0 bridgehead atoms. The number of carbonyl (C=O) groups is 3. The molecule has 0 rings (SSSR count). The molecule has 0 fully saturated rings. The molecule has 0 spiro atoms. The van der Waals surface area contributed by atoms with Gasteiger partial charge in [-0.3, -0.25) is 14.4 Å². The number of unbranched alkanes of at least 4 members (excludes halogenated alkanes) is 30. The number of allylic oxidation sites excluding steroid dienone is 10. The van der Waals surface area contributed by atoms with Crippen LogP contribution in [0, 0.1) is 0 Å². The summed E-state index contributed by atoms with van der Waals surface area (Å²) in [5.74, 6) is -0.924. The summed E-state index contributed by atoms with van der Waals surface area (Å²) < 4.78 is 16.8. The van der Waals surface area contributed by atoms with E-state index < -0.39 is 6.10 Å². The Hall–Kier alpha value is -2.89. The Bertz CT molecular complexity index is 1150. The summed E-state index contributed by atoms with van der Waals surface area (Å²) in [6.07, 6.45) is 63.5. The van der Waals surface area contributed by atoms with Crippen molar-refractivity contribution in [1.29, 1.82) is 0 Å². The van der Waals surface area contributed by atoms with Crippen LogP contribution < -0.4 is 0 Å². The van der Waals surface area contributed by atoms with E-state index in [2.05, 4.69) is 51.2 Å². The number of ether oxygens (including phenoxy) is 3. The minimum atomic E-state index is -0.790. The summed E-state index contributed by atoms with van der Waals surface area (Å²) >= 11 is 0. The van der Waals surface area contributed by atoms with Crippen molar-refractivity contribution < 1.29 is 28.6 Å². The van der Waals surface area contributed by atoms with E-state index in [0.717, 1.165) is 70.6 Å². The molecule has 0 aliphatic rings. The SMILES string of the molecule is CC\C=C/C=C\C=C/C=C\CCCCCC(=O)OCC(COC(=O)CCCCCCCCCCCCCCCCCCC)OC(=O)CCCCCCCCC/C=C\CCCCCC. The predicted octanol–water partition coefficient (Wildman–Crippen LogP) is 17.6. The molecule has 6 heteroatoms. The average Bonchev–Trinajstić information content (AvgIpc) is 3.28. The lowest BCUT2D eigenvalue weighted by molar-refractivity contribution is -0.167. The summed E-state index contributed by atoms with van der Waals surface area (Å²) in [5.41, 5.74) is 0. The number of hydrogen-bond acceptors (Lipinski definition) is 6. The fourth-order valence-corrected chi connectivity index (χ4v) is 7.57. The lowest BCUT2D eigenvalue weighted by Gasteiger charge is -2.18. The maximum Gasteiger partial charge on any atom is 0.306 e. The van der Waals surface area contributed by atoms with Gasteiger partial charge in [-0.25, -0.2) is 0 Å². The molecule has 0 aromatic heterocycles.